The zero-order valence-electron chi connectivity index (χ0n) is 8.52. The van der Waals surface area contributed by atoms with E-state index in [0.717, 1.165) is 6.04 Å². The lowest BCUT2D eigenvalue weighted by Gasteiger charge is -2.37. The van der Waals surface area contributed by atoms with Gasteiger partial charge in [-0.25, -0.2) is 0 Å². The Balaban J connectivity index is 2.41. The lowest BCUT2D eigenvalue weighted by atomic mass is 9.81. The molecule has 0 aromatic carbocycles. The molecule has 0 aliphatic carbocycles. The van der Waals surface area contributed by atoms with Gasteiger partial charge in [-0.05, 0) is 11.8 Å². The minimum absolute atomic E-state index is 0.488. The molecule has 0 amide bonds. The molecule has 12 heavy (non-hydrogen) atoms. The first-order valence-electron chi connectivity index (χ1n) is 4.98. The molecule has 1 aliphatic rings. The first-order valence-corrected chi connectivity index (χ1v) is 6.13. The second kappa shape index (κ2) is 4.52. The van der Waals surface area contributed by atoms with Crippen molar-refractivity contribution in [2.24, 2.45) is 5.41 Å². The maximum Gasteiger partial charge on any atom is 0.0209 e. The van der Waals surface area contributed by atoms with Crippen LogP contribution in [0.1, 0.15) is 33.6 Å². The van der Waals surface area contributed by atoms with Crippen LogP contribution < -0.4 is 5.32 Å². The van der Waals surface area contributed by atoms with E-state index in [-0.39, 0.29) is 0 Å². The summed E-state index contributed by atoms with van der Waals surface area (Å²) in [5.74, 6) is 2.59. The van der Waals surface area contributed by atoms with Crippen molar-refractivity contribution in [3.63, 3.8) is 0 Å². The van der Waals surface area contributed by atoms with Crippen molar-refractivity contribution in [1.29, 1.82) is 0 Å². The van der Waals surface area contributed by atoms with Gasteiger partial charge in [-0.1, -0.05) is 27.2 Å². The van der Waals surface area contributed by atoms with Crippen LogP contribution >= 0.6 is 11.8 Å². The van der Waals surface area contributed by atoms with E-state index in [4.69, 9.17) is 0 Å². The third-order valence-corrected chi connectivity index (χ3v) is 3.82. The summed E-state index contributed by atoms with van der Waals surface area (Å²) in [5, 5.41) is 3.62. The van der Waals surface area contributed by atoms with Gasteiger partial charge < -0.3 is 5.32 Å². The first-order chi connectivity index (χ1) is 5.67. The third kappa shape index (κ3) is 2.67. The van der Waals surface area contributed by atoms with Gasteiger partial charge in [-0.2, -0.15) is 11.8 Å². The third-order valence-electron chi connectivity index (χ3n) is 2.76. The van der Waals surface area contributed by atoms with Gasteiger partial charge in [0, 0.05) is 24.1 Å². The van der Waals surface area contributed by atoms with Gasteiger partial charge in [0.05, 0.1) is 0 Å². The molecule has 0 aromatic rings. The molecular weight excluding hydrogens is 166 g/mol. The van der Waals surface area contributed by atoms with Crippen molar-refractivity contribution >= 4 is 11.8 Å². The second-order valence-electron chi connectivity index (χ2n) is 4.32. The standard InChI is InChI=1S/C10H21NS/c1-4-5-10(2,3)9-8-12-7-6-11-9/h9,11H,4-8H2,1-3H3. The molecule has 0 bridgehead atoms. The SMILES string of the molecule is CCCC(C)(C)C1CSCCN1. The molecule has 1 saturated heterocycles. The van der Waals surface area contributed by atoms with E-state index in [2.05, 4.69) is 37.8 Å². The summed E-state index contributed by atoms with van der Waals surface area (Å²) >= 11 is 2.09. The average molecular weight is 187 g/mol. The van der Waals surface area contributed by atoms with E-state index in [1.54, 1.807) is 0 Å². The molecule has 1 fully saturated rings. The molecule has 0 spiro atoms. The summed E-state index contributed by atoms with van der Waals surface area (Å²) in [6, 6.07) is 0.733. The summed E-state index contributed by atoms with van der Waals surface area (Å²) in [6.07, 6.45) is 2.64. The highest BCUT2D eigenvalue weighted by Gasteiger charge is 2.29. The molecule has 1 unspecified atom stereocenters. The normalized spacial score (nSPS) is 25.8. The van der Waals surface area contributed by atoms with Gasteiger partial charge in [-0.3, -0.25) is 0 Å². The van der Waals surface area contributed by atoms with Crippen molar-refractivity contribution in [2.75, 3.05) is 18.1 Å². The summed E-state index contributed by atoms with van der Waals surface area (Å²) in [4.78, 5) is 0. The number of nitrogens with one attached hydrogen (secondary N) is 1. The van der Waals surface area contributed by atoms with Crippen LogP contribution in [0.15, 0.2) is 0 Å². The van der Waals surface area contributed by atoms with E-state index in [1.807, 2.05) is 0 Å². The maximum atomic E-state index is 3.62. The minimum Gasteiger partial charge on any atom is -0.312 e. The highest BCUT2D eigenvalue weighted by Crippen LogP contribution is 2.30. The Hall–Kier alpha value is 0.310. The van der Waals surface area contributed by atoms with Gasteiger partial charge in [0.1, 0.15) is 0 Å². The number of thioether (sulfide) groups is 1. The second-order valence-corrected chi connectivity index (χ2v) is 5.47. The van der Waals surface area contributed by atoms with Crippen LogP contribution in [0.2, 0.25) is 0 Å². The van der Waals surface area contributed by atoms with E-state index in [1.165, 1.54) is 30.9 Å². The minimum atomic E-state index is 0.488. The van der Waals surface area contributed by atoms with Gasteiger partial charge in [0.2, 0.25) is 0 Å². The summed E-state index contributed by atoms with van der Waals surface area (Å²) in [6.45, 7) is 8.25. The Morgan fingerprint density at radius 3 is 2.75 bits per heavy atom. The van der Waals surface area contributed by atoms with Crippen molar-refractivity contribution in [3.8, 4) is 0 Å². The van der Waals surface area contributed by atoms with Gasteiger partial charge in [0.15, 0.2) is 0 Å². The molecule has 72 valence electrons. The Bertz CT molecular complexity index is 128. The highest BCUT2D eigenvalue weighted by molar-refractivity contribution is 7.99. The van der Waals surface area contributed by atoms with Crippen molar-refractivity contribution in [2.45, 2.75) is 39.7 Å². The molecule has 0 saturated carbocycles. The van der Waals surface area contributed by atoms with Crippen molar-refractivity contribution in [1.82, 2.24) is 5.32 Å². The maximum absolute atomic E-state index is 3.62. The molecule has 1 atom stereocenters. The fraction of sp³-hybridized carbons (Fsp3) is 1.00. The molecule has 1 aliphatic heterocycles. The van der Waals surface area contributed by atoms with Crippen LogP contribution in [0.4, 0.5) is 0 Å². The molecule has 1 rings (SSSR count). The van der Waals surface area contributed by atoms with Gasteiger partial charge >= 0.3 is 0 Å². The first kappa shape index (κ1) is 10.4. The molecule has 1 N–H and O–H groups in total. The zero-order valence-corrected chi connectivity index (χ0v) is 9.34. The monoisotopic (exact) mass is 187 g/mol. The molecule has 0 aromatic heterocycles. The van der Waals surface area contributed by atoms with Crippen LogP contribution in [0.25, 0.3) is 0 Å². The highest BCUT2D eigenvalue weighted by atomic mass is 32.2. The number of hydrogen-bond acceptors (Lipinski definition) is 2. The Labute approximate surface area is 80.7 Å². The lowest BCUT2D eigenvalue weighted by molar-refractivity contribution is 0.239. The lowest BCUT2D eigenvalue weighted by Crippen LogP contribution is -2.47. The van der Waals surface area contributed by atoms with E-state index < -0.39 is 0 Å². The molecule has 2 heteroatoms. The van der Waals surface area contributed by atoms with Crippen LogP contribution in [-0.4, -0.2) is 24.1 Å². The zero-order chi connectivity index (χ0) is 9.03. The molecule has 1 heterocycles. The van der Waals surface area contributed by atoms with Crippen molar-refractivity contribution in [3.05, 3.63) is 0 Å². The summed E-state index contributed by atoms with van der Waals surface area (Å²) in [5.41, 5.74) is 0.488. The summed E-state index contributed by atoms with van der Waals surface area (Å²) in [7, 11) is 0. The van der Waals surface area contributed by atoms with Crippen LogP contribution in [0.5, 0.6) is 0 Å². The van der Waals surface area contributed by atoms with Crippen LogP contribution in [-0.2, 0) is 0 Å². The topological polar surface area (TPSA) is 12.0 Å². The van der Waals surface area contributed by atoms with E-state index in [9.17, 15) is 0 Å². The van der Waals surface area contributed by atoms with Crippen molar-refractivity contribution < 1.29 is 0 Å². The Kier molecular flexibility index (Phi) is 3.91. The molecule has 0 radical (unpaired) electrons. The van der Waals surface area contributed by atoms with E-state index in [0.29, 0.717) is 5.41 Å². The fourth-order valence-corrected chi connectivity index (χ4v) is 3.12. The van der Waals surface area contributed by atoms with Gasteiger partial charge in [0.25, 0.3) is 0 Å². The number of rotatable bonds is 3. The largest absolute Gasteiger partial charge is 0.312 e. The number of hydrogen-bond donors (Lipinski definition) is 1. The molecule has 1 nitrogen and oxygen atoms in total. The predicted molar refractivity (Wildman–Crippen MR) is 57.8 cm³/mol. The quantitative estimate of drug-likeness (QED) is 0.728. The smallest absolute Gasteiger partial charge is 0.0209 e. The van der Waals surface area contributed by atoms with Gasteiger partial charge in [-0.15, -0.1) is 0 Å². The van der Waals surface area contributed by atoms with E-state index >= 15 is 0 Å². The molecular formula is C10H21NS. The fourth-order valence-electron chi connectivity index (χ4n) is 1.89. The summed E-state index contributed by atoms with van der Waals surface area (Å²) < 4.78 is 0. The van der Waals surface area contributed by atoms with Crippen LogP contribution in [0, 0.1) is 5.41 Å². The Morgan fingerprint density at radius 2 is 2.25 bits per heavy atom. The average Bonchev–Trinajstić information content (AvgIpc) is 2.06. The predicted octanol–water partition coefficient (Wildman–Crippen LogP) is 2.52. The van der Waals surface area contributed by atoms with Crippen LogP contribution in [0.3, 0.4) is 0 Å². The Morgan fingerprint density at radius 1 is 1.50 bits per heavy atom.